The lowest BCUT2D eigenvalue weighted by molar-refractivity contribution is -0.902. The fraction of sp³-hybridized carbons (Fsp3) is 0.850. The summed E-state index contributed by atoms with van der Waals surface area (Å²) in [4.78, 5) is 11.2. The molecule has 0 fully saturated rings. The van der Waals surface area contributed by atoms with Crippen molar-refractivity contribution in [3.8, 4) is 0 Å². The molecule has 0 aliphatic carbocycles. The highest BCUT2D eigenvalue weighted by Gasteiger charge is 2.36. The number of ether oxygens (including phenoxy) is 1. The third kappa shape index (κ3) is 12.2. The van der Waals surface area contributed by atoms with E-state index in [9.17, 15) is 17.8 Å². The molecule has 0 aromatic rings. The zero-order valence-corrected chi connectivity index (χ0v) is 18.5. The summed E-state index contributed by atoms with van der Waals surface area (Å²) in [5.74, 6) is -0.307. The number of carbonyl (C=O) groups excluding carboxylic acids is 1. The molecule has 1 N–H and O–H groups in total. The van der Waals surface area contributed by atoms with Gasteiger partial charge in [-0.05, 0) is 26.2 Å². The van der Waals surface area contributed by atoms with Gasteiger partial charge in [0.2, 0.25) is 5.37 Å². The molecule has 0 aliphatic rings. The molecule has 1 atom stereocenters. The smallest absolute Gasteiger partial charge is 0.333 e. The molecule has 0 saturated heterocycles. The maximum absolute atomic E-state index is 11.5. The molecule has 0 rings (SSSR count). The predicted molar refractivity (Wildman–Crippen MR) is 110 cm³/mol. The molecule has 6 nitrogen and oxygen atoms in total. The summed E-state index contributed by atoms with van der Waals surface area (Å²) >= 11 is 0. The Kier molecular flexibility index (Phi) is 12.8. The van der Waals surface area contributed by atoms with E-state index in [0.29, 0.717) is 23.1 Å². The van der Waals surface area contributed by atoms with Crippen LogP contribution in [-0.2, 0) is 19.6 Å². The Bertz CT molecular complexity index is 543. The Morgan fingerprint density at radius 2 is 1.44 bits per heavy atom. The Morgan fingerprint density at radius 3 is 1.85 bits per heavy atom. The van der Waals surface area contributed by atoms with Gasteiger partial charge < -0.3 is 9.22 Å². The standard InChI is InChI=1S/C20H39NO5S/c1-6-19(27(23,24)25)21(4,5)16-14-12-10-8-7-9-11-13-15-17-26-20(22)18(2)3/h19H,2,6-17H2,1,3-5H3/p+1. The minimum Gasteiger partial charge on any atom is -0.462 e. The van der Waals surface area contributed by atoms with Crippen LogP contribution in [0.4, 0.5) is 0 Å². The van der Waals surface area contributed by atoms with E-state index in [4.69, 9.17) is 4.74 Å². The molecular weight excluding hydrogens is 366 g/mol. The second kappa shape index (κ2) is 13.3. The number of unbranched alkanes of at least 4 members (excludes halogenated alkanes) is 8. The van der Waals surface area contributed by atoms with Crippen molar-refractivity contribution in [3.63, 3.8) is 0 Å². The second-order valence-corrected chi connectivity index (χ2v) is 9.55. The van der Waals surface area contributed by atoms with E-state index in [-0.39, 0.29) is 5.97 Å². The topological polar surface area (TPSA) is 80.7 Å². The third-order valence-electron chi connectivity index (χ3n) is 4.93. The highest BCUT2D eigenvalue weighted by molar-refractivity contribution is 7.86. The molecule has 160 valence electrons. The van der Waals surface area contributed by atoms with Crippen LogP contribution in [0.1, 0.15) is 78.1 Å². The molecule has 0 heterocycles. The van der Waals surface area contributed by atoms with Crippen molar-refractivity contribution < 1.29 is 27.0 Å². The Morgan fingerprint density at radius 1 is 1.00 bits per heavy atom. The molecule has 0 aliphatic heterocycles. The molecule has 0 bridgehead atoms. The van der Waals surface area contributed by atoms with Gasteiger partial charge in [-0.2, -0.15) is 8.42 Å². The summed E-state index contributed by atoms with van der Waals surface area (Å²) in [6, 6.07) is 0. The van der Waals surface area contributed by atoms with Crippen molar-refractivity contribution in [1.82, 2.24) is 0 Å². The summed E-state index contributed by atoms with van der Waals surface area (Å²) in [5.41, 5.74) is 0.445. The maximum atomic E-state index is 11.5. The van der Waals surface area contributed by atoms with Crippen LogP contribution in [0, 0.1) is 0 Å². The van der Waals surface area contributed by atoms with E-state index in [1.165, 1.54) is 19.3 Å². The monoisotopic (exact) mass is 406 g/mol. The van der Waals surface area contributed by atoms with Crippen molar-refractivity contribution in [1.29, 1.82) is 0 Å². The lowest BCUT2D eigenvalue weighted by Crippen LogP contribution is -2.52. The van der Waals surface area contributed by atoms with E-state index in [1.807, 2.05) is 14.1 Å². The van der Waals surface area contributed by atoms with Gasteiger partial charge in [0, 0.05) is 12.0 Å². The van der Waals surface area contributed by atoms with Crippen molar-refractivity contribution in [3.05, 3.63) is 12.2 Å². The van der Waals surface area contributed by atoms with Crippen LogP contribution >= 0.6 is 0 Å². The van der Waals surface area contributed by atoms with E-state index >= 15 is 0 Å². The van der Waals surface area contributed by atoms with Crippen LogP contribution in [0.25, 0.3) is 0 Å². The minimum absolute atomic E-state index is 0.307. The van der Waals surface area contributed by atoms with Crippen molar-refractivity contribution >= 4 is 16.1 Å². The molecule has 0 aromatic carbocycles. The lowest BCUT2D eigenvalue weighted by atomic mass is 10.1. The van der Waals surface area contributed by atoms with Crippen molar-refractivity contribution in [2.45, 2.75) is 83.4 Å². The number of quaternary nitrogens is 1. The highest BCUT2D eigenvalue weighted by Crippen LogP contribution is 2.18. The normalized spacial score (nSPS) is 13.4. The van der Waals surface area contributed by atoms with Crippen molar-refractivity contribution in [2.24, 2.45) is 0 Å². The van der Waals surface area contributed by atoms with Gasteiger partial charge in [0.15, 0.2) is 0 Å². The van der Waals surface area contributed by atoms with Crippen LogP contribution in [0.5, 0.6) is 0 Å². The van der Waals surface area contributed by atoms with Gasteiger partial charge in [-0.1, -0.05) is 52.0 Å². The molecule has 0 saturated carbocycles. The molecular formula is C20H40NO5S+. The fourth-order valence-corrected chi connectivity index (χ4v) is 4.60. The van der Waals surface area contributed by atoms with Gasteiger partial charge in [0.1, 0.15) is 0 Å². The third-order valence-corrected chi connectivity index (χ3v) is 6.52. The van der Waals surface area contributed by atoms with E-state index < -0.39 is 15.5 Å². The van der Waals surface area contributed by atoms with Gasteiger partial charge in [-0.3, -0.25) is 4.55 Å². The van der Waals surface area contributed by atoms with Crippen LogP contribution in [0.3, 0.4) is 0 Å². The first-order valence-corrected chi connectivity index (χ1v) is 11.6. The fourth-order valence-electron chi connectivity index (χ4n) is 3.36. The molecule has 0 amide bonds. The highest BCUT2D eigenvalue weighted by atomic mass is 32.2. The number of esters is 1. The SMILES string of the molecule is C=C(C)C(=O)OCCCCCCCCCCC[N+](C)(C)C(CC)S(=O)(=O)O. The van der Waals surface area contributed by atoms with Gasteiger partial charge in [0.25, 0.3) is 0 Å². The van der Waals surface area contributed by atoms with E-state index in [1.54, 1.807) is 13.8 Å². The Hall–Kier alpha value is -0.920. The number of carbonyl (C=O) groups is 1. The van der Waals surface area contributed by atoms with Crippen LogP contribution in [-0.4, -0.2) is 56.0 Å². The summed E-state index contributed by atoms with van der Waals surface area (Å²) in [6.45, 7) is 8.22. The van der Waals surface area contributed by atoms with Gasteiger partial charge in [-0.25, -0.2) is 4.79 Å². The first-order valence-electron chi connectivity index (χ1n) is 10.1. The zero-order valence-electron chi connectivity index (χ0n) is 17.7. The van der Waals surface area contributed by atoms with Crippen LogP contribution < -0.4 is 0 Å². The Balaban J connectivity index is 3.65. The molecule has 0 radical (unpaired) electrons. The second-order valence-electron chi connectivity index (χ2n) is 7.98. The number of rotatable bonds is 16. The average Bonchev–Trinajstić information content (AvgIpc) is 2.54. The molecule has 0 aromatic heterocycles. The molecule has 7 heteroatoms. The maximum Gasteiger partial charge on any atom is 0.333 e. The quantitative estimate of drug-likeness (QED) is 0.136. The first kappa shape index (κ1) is 26.1. The minimum atomic E-state index is -4.01. The molecule has 1 unspecified atom stereocenters. The molecule has 27 heavy (non-hydrogen) atoms. The van der Waals surface area contributed by atoms with Crippen molar-refractivity contribution in [2.75, 3.05) is 27.2 Å². The largest absolute Gasteiger partial charge is 0.462 e. The average molecular weight is 407 g/mol. The van der Waals surface area contributed by atoms with Gasteiger partial charge in [-0.15, -0.1) is 0 Å². The van der Waals surface area contributed by atoms with Crippen LogP contribution in [0.15, 0.2) is 12.2 Å². The van der Waals surface area contributed by atoms with E-state index in [2.05, 4.69) is 6.58 Å². The summed E-state index contributed by atoms with van der Waals surface area (Å²) in [6.07, 6.45) is 10.3. The van der Waals surface area contributed by atoms with E-state index in [0.717, 1.165) is 45.1 Å². The Labute approximate surface area is 166 Å². The van der Waals surface area contributed by atoms with Gasteiger partial charge in [0.05, 0.1) is 27.2 Å². The van der Waals surface area contributed by atoms with Gasteiger partial charge >= 0.3 is 16.1 Å². The molecule has 0 spiro atoms. The van der Waals surface area contributed by atoms with Crippen LogP contribution in [0.2, 0.25) is 0 Å². The number of hydrogen-bond acceptors (Lipinski definition) is 4. The predicted octanol–water partition coefficient (Wildman–Crippen LogP) is 4.32. The summed E-state index contributed by atoms with van der Waals surface area (Å²) in [5, 5.41) is -0.743. The number of nitrogens with zero attached hydrogens (tertiary/aromatic N) is 1. The summed E-state index contributed by atoms with van der Waals surface area (Å²) < 4.78 is 37.7. The summed E-state index contributed by atoms with van der Waals surface area (Å²) in [7, 11) is -0.265. The lowest BCUT2D eigenvalue weighted by Gasteiger charge is -2.35. The zero-order chi connectivity index (χ0) is 20.9. The number of hydrogen-bond donors (Lipinski definition) is 1. The first-order chi connectivity index (χ1) is 12.5.